The highest BCUT2D eigenvalue weighted by Gasteiger charge is 2.15. The molecule has 0 bridgehead atoms. The Morgan fingerprint density at radius 2 is 2.14 bits per heavy atom. The van der Waals surface area contributed by atoms with Crippen molar-refractivity contribution >= 4 is 5.69 Å². The molecule has 2 N–H and O–H groups in total. The van der Waals surface area contributed by atoms with E-state index in [1.54, 1.807) is 37.4 Å². The summed E-state index contributed by atoms with van der Waals surface area (Å²) in [5.74, 6) is 0.962. The van der Waals surface area contributed by atoms with Gasteiger partial charge in [-0.3, -0.25) is 15.1 Å². The maximum Gasteiger partial charge on any atom is 0.276 e. The van der Waals surface area contributed by atoms with Crippen molar-refractivity contribution in [3.05, 3.63) is 57.9 Å². The maximum absolute atomic E-state index is 10.9. The number of nitrogens with two attached hydrogens (primary N) is 1. The van der Waals surface area contributed by atoms with Gasteiger partial charge in [0, 0.05) is 12.1 Å². The van der Waals surface area contributed by atoms with Gasteiger partial charge in [0.1, 0.15) is 11.5 Å². The van der Waals surface area contributed by atoms with E-state index < -0.39 is 4.92 Å². The Kier molecular flexibility index (Phi) is 4.49. The fraction of sp³-hybridized carbons (Fsp3) is 0.267. The van der Waals surface area contributed by atoms with Crippen LogP contribution in [0.2, 0.25) is 0 Å². The quantitative estimate of drug-likeness (QED) is 0.671. The van der Waals surface area contributed by atoms with Gasteiger partial charge in [-0.05, 0) is 31.5 Å². The highest BCUT2D eigenvalue weighted by molar-refractivity contribution is 5.49. The van der Waals surface area contributed by atoms with E-state index in [4.69, 9.17) is 10.5 Å². The molecule has 0 amide bonds. The summed E-state index contributed by atoms with van der Waals surface area (Å²) in [6.45, 7) is 3.64. The Hall–Kier alpha value is -2.47. The molecule has 6 heteroatoms. The Balaban J connectivity index is 2.22. The van der Waals surface area contributed by atoms with Crippen molar-refractivity contribution < 1.29 is 9.66 Å². The number of rotatable bonds is 5. The second-order valence-corrected chi connectivity index (χ2v) is 4.69. The van der Waals surface area contributed by atoms with Crippen LogP contribution in [0.1, 0.15) is 30.6 Å². The summed E-state index contributed by atoms with van der Waals surface area (Å²) in [5.41, 5.74) is 7.20. The van der Waals surface area contributed by atoms with Crippen LogP contribution in [0.15, 0.2) is 36.5 Å². The zero-order valence-electron chi connectivity index (χ0n) is 11.9. The van der Waals surface area contributed by atoms with Crippen LogP contribution in [0.25, 0.3) is 0 Å². The predicted molar refractivity (Wildman–Crippen MR) is 79.4 cm³/mol. The number of hydrogen-bond acceptors (Lipinski definition) is 5. The van der Waals surface area contributed by atoms with Crippen molar-refractivity contribution in [1.82, 2.24) is 4.98 Å². The second kappa shape index (κ2) is 6.32. The lowest BCUT2D eigenvalue weighted by molar-refractivity contribution is -0.385. The van der Waals surface area contributed by atoms with Crippen LogP contribution in [-0.2, 0) is 0 Å². The zero-order chi connectivity index (χ0) is 15.4. The van der Waals surface area contributed by atoms with E-state index in [0.29, 0.717) is 17.1 Å². The first-order valence-corrected chi connectivity index (χ1v) is 6.66. The first kappa shape index (κ1) is 14.9. The van der Waals surface area contributed by atoms with Gasteiger partial charge in [-0.2, -0.15) is 0 Å². The Morgan fingerprint density at radius 1 is 1.38 bits per heavy atom. The lowest BCUT2D eigenvalue weighted by Crippen LogP contribution is -2.10. The average Bonchev–Trinajstić information content (AvgIpc) is 2.49. The molecule has 0 aliphatic heterocycles. The van der Waals surface area contributed by atoms with E-state index in [0.717, 1.165) is 12.1 Å². The van der Waals surface area contributed by atoms with Gasteiger partial charge in [0.05, 0.1) is 22.4 Å². The molecule has 0 fully saturated rings. The number of nitrogens with zero attached hydrogens (tertiary/aromatic N) is 2. The summed E-state index contributed by atoms with van der Waals surface area (Å²) in [6.07, 6.45) is 2.38. The zero-order valence-corrected chi connectivity index (χ0v) is 11.9. The maximum atomic E-state index is 10.9. The van der Waals surface area contributed by atoms with Crippen LogP contribution in [-0.4, -0.2) is 9.91 Å². The monoisotopic (exact) mass is 287 g/mol. The molecule has 0 saturated carbocycles. The van der Waals surface area contributed by atoms with Crippen molar-refractivity contribution in [2.24, 2.45) is 5.73 Å². The van der Waals surface area contributed by atoms with Crippen LogP contribution in [0, 0.1) is 17.0 Å². The molecule has 6 nitrogen and oxygen atoms in total. The number of nitro groups is 1. The lowest BCUT2D eigenvalue weighted by Gasteiger charge is -2.11. The highest BCUT2D eigenvalue weighted by atomic mass is 16.6. The van der Waals surface area contributed by atoms with E-state index in [1.807, 2.05) is 6.92 Å². The third kappa shape index (κ3) is 3.35. The number of benzene rings is 1. The molecule has 1 atom stereocenters. The molecule has 2 rings (SSSR count). The van der Waals surface area contributed by atoms with Crippen molar-refractivity contribution in [2.75, 3.05) is 0 Å². The molecule has 1 aromatic heterocycles. The molecule has 21 heavy (non-hydrogen) atoms. The molecular weight excluding hydrogens is 270 g/mol. The summed E-state index contributed by atoms with van der Waals surface area (Å²) < 4.78 is 5.66. The van der Waals surface area contributed by atoms with E-state index in [9.17, 15) is 10.1 Å². The molecule has 110 valence electrons. The van der Waals surface area contributed by atoms with Gasteiger partial charge >= 0.3 is 0 Å². The molecule has 1 aromatic carbocycles. The predicted octanol–water partition coefficient (Wildman–Crippen LogP) is 3.50. The fourth-order valence-corrected chi connectivity index (χ4v) is 1.92. The van der Waals surface area contributed by atoms with Crippen LogP contribution in [0.5, 0.6) is 11.5 Å². The van der Waals surface area contributed by atoms with Crippen LogP contribution >= 0.6 is 0 Å². The van der Waals surface area contributed by atoms with Crippen LogP contribution in [0.4, 0.5) is 5.69 Å². The van der Waals surface area contributed by atoms with Crippen molar-refractivity contribution in [1.29, 1.82) is 0 Å². The van der Waals surface area contributed by atoms with Gasteiger partial charge < -0.3 is 10.5 Å². The molecule has 2 aromatic rings. The van der Waals surface area contributed by atoms with E-state index in [1.165, 1.54) is 6.07 Å². The Bertz CT molecular complexity index is 641. The summed E-state index contributed by atoms with van der Waals surface area (Å²) in [6, 6.07) is 8.19. The SMILES string of the molecule is CC[C@H](N)c1ccc(Oc2cccc([N+](=O)[O-])c2C)cn1. The third-order valence-electron chi connectivity index (χ3n) is 3.26. The van der Waals surface area contributed by atoms with E-state index in [-0.39, 0.29) is 11.7 Å². The molecular formula is C15H17N3O3. The first-order chi connectivity index (χ1) is 10.0. The Morgan fingerprint density at radius 3 is 2.71 bits per heavy atom. The molecule has 0 spiro atoms. The minimum absolute atomic E-state index is 0.0325. The van der Waals surface area contributed by atoms with Crippen LogP contribution in [0.3, 0.4) is 0 Å². The van der Waals surface area contributed by atoms with Gasteiger partial charge in [0.2, 0.25) is 0 Å². The van der Waals surface area contributed by atoms with Gasteiger partial charge in [-0.25, -0.2) is 0 Å². The largest absolute Gasteiger partial charge is 0.455 e. The normalized spacial score (nSPS) is 12.0. The standard InChI is InChI=1S/C15H17N3O3/c1-3-12(16)13-8-7-11(9-17-13)21-15-6-4-5-14(10(15)2)18(19)20/h4-9,12H,3,16H2,1-2H3/t12-/m0/s1. The van der Waals surface area contributed by atoms with Crippen molar-refractivity contribution in [3.8, 4) is 11.5 Å². The van der Waals surface area contributed by atoms with Crippen molar-refractivity contribution in [2.45, 2.75) is 26.3 Å². The second-order valence-electron chi connectivity index (χ2n) is 4.69. The molecule has 0 saturated heterocycles. The number of hydrogen-bond donors (Lipinski definition) is 1. The smallest absolute Gasteiger partial charge is 0.276 e. The van der Waals surface area contributed by atoms with E-state index in [2.05, 4.69) is 4.98 Å². The van der Waals surface area contributed by atoms with E-state index >= 15 is 0 Å². The molecule has 0 radical (unpaired) electrons. The molecule has 1 heterocycles. The summed E-state index contributed by atoms with van der Waals surface area (Å²) in [7, 11) is 0. The number of nitro benzene ring substituents is 1. The minimum Gasteiger partial charge on any atom is -0.455 e. The Labute approximate surface area is 122 Å². The number of pyridine rings is 1. The molecule has 0 unspecified atom stereocenters. The highest BCUT2D eigenvalue weighted by Crippen LogP contribution is 2.30. The van der Waals surface area contributed by atoms with Gasteiger partial charge in [0.15, 0.2) is 0 Å². The summed E-state index contributed by atoms with van der Waals surface area (Å²) in [5, 5.41) is 10.9. The van der Waals surface area contributed by atoms with Crippen LogP contribution < -0.4 is 10.5 Å². The minimum atomic E-state index is -0.427. The number of aromatic nitrogens is 1. The lowest BCUT2D eigenvalue weighted by atomic mass is 10.1. The first-order valence-electron chi connectivity index (χ1n) is 6.66. The van der Waals surface area contributed by atoms with Gasteiger partial charge in [-0.15, -0.1) is 0 Å². The number of ether oxygens (including phenoxy) is 1. The molecule has 0 aliphatic rings. The van der Waals surface area contributed by atoms with Crippen molar-refractivity contribution in [3.63, 3.8) is 0 Å². The summed E-state index contributed by atoms with van der Waals surface area (Å²) in [4.78, 5) is 14.7. The summed E-state index contributed by atoms with van der Waals surface area (Å²) >= 11 is 0. The average molecular weight is 287 g/mol. The van der Waals surface area contributed by atoms with Gasteiger partial charge in [0.25, 0.3) is 5.69 Å². The third-order valence-corrected chi connectivity index (χ3v) is 3.26. The topological polar surface area (TPSA) is 91.3 Å². The van der Waals surface area contributed by atoms with Gasteiger partial charge in [-0.1, -0.05) is 13.0 Å². The fourth-order valence-electron chi connectivity index (χ4n) is 1.92. The molecule has 0 aliphatic carbocycles.